The lowest BCUT2D eigenvalue weighted by Crippen LogP contribution is -2.20. The van der Waals surface area contributed by atoms with E-state index in [0.29, 0.717) is 28.7 Å². The molecule has 0 aliphatic heterocycles. The maximum Gasteiger partial charge on any atom is 0.265 e. The van der Waals surface area contributed by atoms with Crippen LogP contribution in [0.2, 0.25) is 0 Å². The molecule has 2 N–H and O–H groups in total. The van der Waals surface area contributed by atoms with Crippen LogP contribution in [0.3, 0.4) is 0 Å². The Hall–Kier alpha value is -4.44. The standard InChI is InChI=1S/C26H22N4O3/c1-16(14-27)11-18-5-3-6-19(12-18)25(32)29-20-10-9-17(2)22(13-20)30-15-28-24-21(26(30)33)7-4-8-23(24)31/h3-10,12-13,15-16,31H,11H2,1-2H3,(H,29,32). The third-order valence-corrected chi connectivity index (χ3v) is 5.44. The summed E-state index contributed by atoms with van der Waals surface area (Å²) in [6.07, 6.45) is 1.94. The molecule has 4 rings (SSSR count). The molecule has 0 aliphatic carbocycles. The minimum Gasteiger partial charge on any atom is -0.506 e. The molecule has 0 aliphatic rings. The number of amides is 1. The molecule has 7 nitrogen and oxygen atoms in total. The fourth-order valence-corrected chi connectivity index (χ4v) is 3.70. The van der Waals surface area contributed by atoms with Gasteiger partial charge in [0.2, 0.25) is 0 Å². The first-order valence-corrected chi connectivity index (χ1v) is 10.5. The Kier molecular flexibility index (Phi) is 5.92. The van der Waals surface area contributed by atoms with Gasteiger partial charge in [-0.15, -0.1) is 0 Å². The molecular weight excluding hydrogens is 416 g/mol. The molecular formula is C26H22N4O3. The summed E-state index contributed by atoms with van der Waals surface area (Å²) in [4.78, 5) is 30.1. The van der Waals surface area contributed by atoms with Crippen molar-refractivity contribution in [3.05, 3.63) is 94.0 Å². The zero-order chi connectivity index (χ0) is 23.5. The van der Waals surface area contributed by atoms with E-state index in [2.05, 4.69) is 16.4 Å². The number of aromatic nitrogens is 2. The largest absolute Gasteiger partial charge is 0.506 e. The number of rotatable bonds is 5. The van der Waals surface area contributed by atoms with Crippen LogP contribution in [0, 0.1) is 24.2 Å². The van der Waals surface area contributed by atoms with Crippen molar-refractivity contribution >= 4 is 22.5 Å². The van der Waals surface area contributed by atoms with Crippen LogP contribution >= 0.6 is 0 Å². The summed E-state index contributed by atoms with van der Waals surface area (Å²) in [6, 6.07) is 19.4. The van der Waals surface area contributed by atoms with Gasteiger partial charge in [-0.05, 0) is 67.8 Å². The monoisotopic (exact) mass is 438 g/mol. The van der Waals surface area contributed by atoms with E-state index in [1.54, 1.807) is 42.5 Å². The maximum absolute atomic E-state index is 13.0. The molecule has 33 heavy (non-hydrogen) atoms. The molecule has 0 saturated carbocycles. The number of aryl methyl sites for hydroxylation is 1. The van der Waals surface area contributed by atoms with Gasteiger partial charge < -0.3 is 10.4 Å². The van der Waals surface area contributed by atoms with E-state index >= 15 is 0 Å². The predicted molar refractivity (Wildman–Crippen MR) is 127 cm³/mol. The summed E-state index contributed by atoms with van der Waals surface area (Å²) in [5.74, 6) is -0.482. The highest BCUT2D eigenvalue weighted by Gasteiger charge is 2.13. The molecule has 1 atom stereocenters. The van der Waals surface area contributed by atoms with Crippen molar-refractivity contribution in [3.8, 4) is 17.5 Å². The number of fused-ring (bicyclic) bond motifs is 1. The molecule has 0 radical (unpaired) electrons. The van der Waals surface area contributed by atoms with E-state index in [-0.39, 0.29) is 28.7 Å². The first-order valence-electron chi connectivity index (χ1n) is 10.5. The number of phenols is 1. The number of nitriles is 1. The normalized spacial score (nSPS) is 11.7. The lowest BCUT2D eigenvalue weighted by Gasteiger charge is -2.13. The molecule has 0 spiro atoms. The molecule has 1 heterocycles. The second kappa shape index (κ2) is 8.97. The quantitative estimate of drug-likeness (QED) is 0.481. The zero-order valence-electron chi connectivity index (χ0n) is 18.2. The van der Waals surface area contributed by atoms with Gasteiger partial charge in [0, 0.05) is 17.2 Å². The number of nitrogens with zero attached hydrogens (tertiary/aromatic N) is 3. The fourth-order valence-electron chi connectivity index (χ4n) is 3.70. The van der Waals surface area contributed by atoms with Gasteiger partial charge in [-0.1, -0.05) is 24.3 Å². The van der Waals surface area contributed by atoms with E-state index in [4.69, 9.17) is 5.26 Å². The number of anilines is 1. The number of carbonyl (C=O) groups is 1. The van der Waals surface area contributed by atoms with Crippen LogP contribution in [0.5, 0.6) is 5.75 Å². The Morgan fingerprint density at radius 3 is 2.76 bits per heavy atom. The number of hydrogen-bond acceptors (Lipinski definition) is 5. The molecule has 0 saturated heterocycles. The Morgan fingerprint density at radius 2 is 1.97 bits per heavy atom. The molecule has 7 heteroatoms. The lowest BCUT2D eigenvalue weighted by molar-refractivity contribution is 0.102. The van der Waals surface area contributed by atoms with Gasteiger partial charge in [-0.3, -0.25) is 14.2 Å². The lowest BCUT2D eigenvalue weighted by atomic mass is 10.0. The van der Waals surface area contributed by atoms with Crippen LogP contribution in [-0.2, 0) is 6.42 Å². The van der Waals surface area contributed by atoms with Crippen LogP contribution in [0.4, 0.5) is 5.69 Å². The summed E-state index contributed by atoms with van der Waals surface area (Å²) in [7, 11) is 0. The molecule has 4 aromatic rings. The average molecular weight is 438 g/mol. The summed E-state index contributed by atoms with van der Waals surface area (Å²) >= 11 is 0. The van der Waals surface area contributed by atoms with E-state index in [1.165, 1.54) is 17.0 Å². The van der Waals surface area contributed by atoms with E-state index in [1.807, 2.05) is 26.0 Å². The molecule has 1 unspecified atom stereocenters. The third-order valence-electron chi connectivity index (χ3n) is 5.44. The van der Waals surface area contributed by atoms with Crippen molar-refractivity contribution in [2.45, 2.75) is 20.3 Å². The van der Waals surface area contributed by atoms with Crippen molar-refractivity contribution in [3.63, 3.8) is 0 Å². The van der Waals surface area contributed by atoms with Gasteiger partial charge in [0.25, 0.3) is 11.5 Å². The Labute approximate surface area is 190 Å². The van der Waals surface area contributed by atoms with Crippen molar-refractivity contribution in [2.75, 3.05) is 5.32 Å². The van der Waals surface area contributed by atoms with Crippen LogP contribution in [0.15, 0.2) is 71.8 Å². The Balaban J connectivity index is 1.65. The van der Waals surface area contributed by atoms with Crippen LogP contribution in [-0.4, -0.2) is 20.6 Å². The predicted octanol–water partition coefficient (Wildman–Crippen LogP) is 4.35. The summed E-state index contributed by atoms with van der Waals surface area (Å²) in [5.41, 5.74) is 3.25. The third kappa shape index (κ3) is 4.46. The molecule has 1 aromatic heterocycles. The van der Waals surface area contributed by atoms with Crippen molar-refractivity contribution in [1.29, 1.82) is 5.26 Å². The smallest absolute Gasteiger partial charge is 0.265 e. The highest BCUT2D eigenvalue weighted by molar-refractivity contribution is 6.04. The second-order valence-electron chi connectivity index (χ2n) is 7.98. The van der Waals surface area contributed by atoms with Crippen molar-refractivity contribution < 1.29 is 9.90 Å². The fraction of sp³-hybridized carbons (Fsp3) is 0.154. The number of aromatic hydroxyl groups is 1. The molecule has 0 bridgehead atoms. The topological polar surface area (TPSA) is 108 Å². The molecule has 3 aromatic carbocycles. The number of phenolic OH excluding ortho intramolecular Hbond substituents is 1. The van der Waals surface area contributed by atoms with Crippen LogP contribution in [0.1, 0.15) is 28.4 Å². The SMILES string of the molecule is Cc1ccc(NC(=O)c2cccc(CC(C)C#N)c2)cc1-n1cnc2c(O)cccc2c1=O. The molecule has 0 fully saturated rings. The molecule has 164 valence electrons. The summed E-state index contributed by atoms with van der Waals surface area (Å²) < 4.78 is 1.40. The summed E-state index contributed by atoms with van der Waals surface area (Å²) in [6.45, 7) is 3.70. The van der Waals surface area contributed by atoms with Gasteiger partial charge in [0.1, 0.15) is 17.6 Å². The maximum atomic E-state index is 13.0. The van der Waals surface area contributed by atoms with Gasteiger partial charge in [0.15, 0.2) is 0 Å². The zero-order valence-corrected chi connectivity index (χ0v) is 18.2. The van der Waals surface area contributed by atoms with Crippen molar-refractivity contribution in [2.24, 2.45) is 5.92 Å². The number of nitrogens with one attached hydrogen (secondary N) is 1. The molecule has 1 amide bonds. The van der Waals surface area contributed by atoms with Crippen LogP contribution < -0.4 is 10.9 Å². The first kappa shape index (κ1) is 21.8. The number of benzene rings is 3. The van der Waals surface area contributed by atoms with Gasteiger partial charge in [0.05, 0.1) is 17.1 Å². The van der Waals surface area contributed by atoms with Gasteiger partial charge in [-0.2, -0.15) is 5.26 Å². The average Bonchev–Trinajstić information content (AvgIpc) is 2.81. The van der Waals surface area contributed by atoms with Gasteiger partial charge in [-0.25, -0.2) is 4.98 Å². The minimum atomic E-state index is -0.318. The number of hydrogen-bond donors (Lipinski definition) is 2. The van der Waals surface area contributed by atoms with Crippen molar-refractivity contribution in [1.82, 2.24) is 9.55 Å². The first-order chi connectivity index (χ1) is 15.9. The number of para-hydroxylation sites is 1. The minimum absolute atomic E-state index is 0.0547. The van der Waals surface area contributed by atoms with E-state index in [0.717, 1.165) is 11.1 Å². The van der Waals surface area contributed by atoms with Crippen LogP contribution in [0.25, 0.3) is 16.6 Å². The van der Waals surface area contributed by atoms with E-state index < -0.39 is 0 Å². The highest BCUT2D eigenvalue weighted by atomic mass is 16.3. The van der Waals surface area contributed by atoms with E-state index in [9.17, 15) is 14.7 Å². The highest BCUT2D eigenvalue weighted by Crippen LogP contribution is 2.22. The second-order valence-corrected chi connectivity index (χ2v) is 7.98. The Bertz CT molecular complexity index is 1470. The van der Waals surface area contributed by atoms with Gasteiger partial charge >= 0.3 is 0 Å². The number of carbonyl (C=O) groups excluding carboxylic acids is 1. The Morgan fingerprint density at radius 1 is 1.18 bits per heavy atom. The summed E-state index contributed by atoms with van der Waals surface area (Å²) in [5, 5.41) is 22.2.